The number of hydrogen-bond acceptors (Lipinski definition) is 4. The smallest absolute Gasteiger partial charge is 0.244 e. The number of nitrogens with zero attached hydrogens (tertiary/aromatic N) is 1. The molecule has 1 fully saturated rings. The number of carbonyl (C=O) groups is 1. The van der Waals surface area contributed by atoms with Gasteiger partial charge in [0.15, 0.2) is 0 Å². The molecule has 2 aliphatic heterocycles. The van der Waals surface area contributed by atoms with E-state index in [-0.39, 0.29) is 23.3 Å². The van der Waals surface area contributed by atoms with Gasteiger partial charge in [-0.1, -0.05) is 0 Å². The number of sulfonamides is 1. The second kappa shape index (κ2) is 5.35. The van der Waals surface area contributed by atoms with E-state index in [2.05, 4.69) is 26.6 Å². The average Bonchev–Trinajstić information content (AvgIpc) is 3.02. The van der Waals surface area contributed by atoms with E-state index in [0.717, 1.165) is 12.0 Å². The van der Waals surface area contributed by atoms with Gasteiger partial charge < -0.3 is 10.6 Å². The molecule has 1 aromatic rings. The Morgan fingerprint density at radius 2 is 2.19 bits per heavy atom. The molecule has 1 saturated heterocycles. The van der Waals surface area contributed by atoms with Crippen LogP contribution in [0.2, 0.25) is 0 Å². The first-order valence-corrected chi connectivity index (χ1v) is 8.95. The summed E-state index contributed by atoms with van der Waals surface area (Å²) in [5.41, 5.74) is 1.41. The van der Waals surface area contributed by atoms with Crippen molar-refractivity contribution >= 4 is 37.5 Å². The molecule has 6 nitrogen and oxygen atoms in total. The first kappa shape index (κ1) is 15.0. The third kappa shape index (κ3) is 2.61. The van der Waals surface area contributed by atoms with Gasteiger partial charge in [0.1, 0.15) is 0 Å². The normalized spacial score (nSPS) is 22.4. The van der Waals surface area contributed by atoms with Gasteiger partial charge in [0, 0.05) is 29.3 Å². The van der Waals surface area contributed by atoms with Crippen LogP contribution in [0.5, 0.6) is 0 Å². The topological polar surface area (TPSA) is 78.5 Å². The Balaban J connectivity index is 1.97. The van der Waals surface area contributed by atoms with Gasteiger partial charge in [-0.15, -0.1) is 0 Å². The first-order chi connectivity index (χ1) is 9.91. The molecular formula is C13H16BrN3O3S. The summed E-state index contributed by atoms with van der Waals surface area (Å²) in [6, 6.07) is 3.45. The highest BCUT2D eigenvalue weighted by atomic mass is 79.9. The summed E-state index contributed by atoms with van der Waals surface area (Å²) >= 11 is 3.31. The van der Waals surface area contributed by atoms with Gasteiger partial charge >= 0.3 is 0 Å². The van der Waals surface area contributed by atoms with Gasteiger partial charge in [0.2, 0.25) is 15.9 Å². The minimum absolute atomic E-state index is 0.108. The Kier molecular flexibility index (Phi) is 3.81. The molecule has 0 spiro atoms. The molecule has 1 unspecified atom stereocenters. The van der Waals surface area contributed by atoms with E-state index in [1.54, 1.807) is 12.1 Å². The molecule has 3 rings (SSSR count). The summed E-state index contributed by atoms with van der Waals surface area (Å²) in [4.78, 5) is 11.6. The van der Waals surface area contributed by atoms with Crippen molar-refractivity contribution in [3.05, 3.63) is 22.2 Å². The summed E-state index contributed by atoms with van der Waals surface area (Å²) in [6.45, 7) is 0.980. The fourth-order valence-electron chi connectivity index (χ4n) is 2.74. The second-order valence-electron chi connectivity index (χ2n) is 5.30. The van der Waals surface area contributed by atoms with Crippen LogP contribution in [0.1, 0.15) is 12.0 Å². The number of fused-ring (bicyclic) bond motifs is 1. The van der Waals surface area contributed by atoms with Crippen molar-refractivity contribution in [3.8, 4) is 0 Å². The molecule has 1 atom stereocenters. The second-order valence-corrected chi connectivity index (χ2v) is 8.06. The lowest BCUT2D eigenvalue weighted by atomic mass is 10.2. The van der Waals surface area contributed by atoms with Crippen LogP contribution in [-0.4, -0.2) is 44.8 Å². The van der Waals surface area contributed by atoms with E-state index in [4.69, 9.17) is 0 Å². The van der Waals surface area contributed by atoms with E-state index in [0.29, 0.717) is 23.2 Å². The number of carbonyl (C=O) groups excluding carboxylic acids is 1. The van der Waals surface area contributed by atoms with E-state index in [1.807, 2.05) is 7.05 Å². The third-order valence-corrected chi connectivity index (χ3v) is 6.78. The molecule has 0 bridgehead atoms. The minimum Gasteiger partial charge on any atom is -0.325 e. The number of amides is 1. The molecule has 0 saturated carbocycles. The fraction of sp³-hybridized carbons (Fsp3) is 0.462. The molecule has 0 aliphatic carbocycles. The van der Waals surface area contributed by atoms with Crippen LogP contribution in [0.25, 0.3) is 0 Å². The molecule has 0 aromatic heterocycles. The van der Waals surface area contributed by atoms with Gasteiger partial charge in [-0.2, -0.15) is 4.31 Å². The lowest BCUT2D eigenvalue weighted by molar-refractivity contribution is -0.115. The molecule has 2 aliphatic rings. The molecular weight excluding hydrogens is 358 g/mol. The number of halogens is 1. The molecule has 1 aromatic carbocycles. The lowest BCUT2D eigenvalue weighted by Crippen LogP contribution is -2.33. The minimum atomic E-state index is -3.54. The van der Waals surface area contributed by atoms with E-state index in [9.17, 15) is 13.2 Å². The van der Waals surface area contributed by atoms with E-state index in [1.165, 1.54) is 4.31 Å². The zero-order valence-electron chi connectivity index (χ0n) is 11.5. The van der Waals surface area contributed by atoms with Crippen LogP contribution in [0.4, 0.5) is 5.69 Å². The van der Waals surface area contributed by atoms with Crippen molar-refractivity contribution < 1.29 is 13.2 Å². The van der Waals surface area contributed by atoms with Crippen LogP contribution < -0.4 is 10.6 Å². The SMILES string of the molecule is CNC1CCN(S(=O)(=O)c2cc3c(cc2Br)NC(=O)C3)C1. The highest BCUT2D eigenvalue weighted by Gasteiger charge is 2.34. The predicted molar refractivity (Wildman–Crippen MR) is 82.7 cm³/mol. The van der Waals surface area contributed by atoms with Gasteiger partial charge in [-0.3, -0.25) is 4.79 Å². The number of hydrogen-bond donors (Lipinski definition) is 2. The standard InChI is InChI=1S/C13H16BrN3O3S/c1-15-9-2-3-17(7-9)21(19,20)12-4-8-5-13(18)16-11(8)6-10(12)14/h4,6,9,15H,2-3,5,7H2,1H3,(H,16,18). The quantitative estimate of drug-likeness (QED) is 0.825. The monoisotopic (exact) mass is 373 g/mol. The highest BCUT2D eigenvalue weighted by Crippen LogP contribution is 2.34. The molecule has 1 amide bonds. The van der Waals surface area contributed by atoms with Crippen LogP contribution in [0.3, 0.4) is 0 Å². The maximum absolute atomic E-state index is 12.8. The van der Waals surface area contributed by atoms with E-state index >= 15 is 0 Å². The number of likely N-dealkylation sites (N-methyl/N-ethyl adjacent to an activating group) is 1. The van der Waals surface area contributed by atoms with Gasteiger partial charge in [0.25, 0.3) is 0 Å². The van der Waals surface area contributed by atoms with Gasteiger partial charge in [-0.25, -0.2) is 8.42 Å². The van der Waals surface area contributed by atoms with Crippen molar-refractivity contribution in [2.75, 3.05) is 25.5 Å². The zero-order chi connectivity index (χ0) is 15.2. The molecule has 8 heteroatoms. The van der Waals surface area contributed by atoms with Crippen molar-refractivity contribution in [3.63, 3.8) is 0 Å². The van der Waals surface area contributed by atoms with Crippen LogP contribution in [0.15, 0.2) is 21.5 Å². The Bertz CT molecular complexity index is 705. The van der Waals surface area contributed by atoms with E-state index < -0.39 is 10.0 Å². The zero-order valence-corrected chi connectivity index (χ0v) is 13.9. The van der Waals surface area contributed by atoms with Crippen LogP contribution >= 0.6 is 15.9 Å². The predicted octanol–water partition coefficient (Wildman–Crippen LogP) is 0.926. The number of nitrogens with one attached hydrogen (secondary N) is 2. The van der Waals surface area contributed by atoms with Crippen LogP contribution in [0, 0.1) is 0 Å². The van der Waals surface area contributed by atoms with Crippen LogP contribution in [-0.2, 0) is 21.2 Å². The Morgan fingerprint density at radius 3 is 2.86 bits per heavy atom. The number of benzene rings is 1. The maximum atomic E-state index is 12.8. The molecule has 2 N–H and O–H groups in total. The third-order valence-electron chi connectivity index (χ3n) is 3.96. The van der Waals surface area contributed by atoms with Gasteiger partial charge in [0.05, 0.1) is 11.3 Å². The summed E-state index contributed by atoms with van der Waals surface area (Å²) in [7, 11) is -1.71. The van der Waals surface area contributed by atoms with Crippen molar-refractivity contribution in [2.24, 2.45) is 0 Å². The maximum Gasteiger partial charge on any atom is 0.244 e. The summed E-state index contributed by atoms with van der Waals surface area (Å²) < 4.78 is 27.5. The number of anilines is 1. The molecule has 2 heterocycles. The fourth-order valence-corrected chi connectivity index (χ4v) is 5.30. The van der Waals surface area contributed by atoms with Gasteiger partial charge in [-0.05, 0) is 47.1 Å². The van der Waals surface area contributed by atoms with Crippen molar-refractivity contribution in [1.29, 1.82) is 0 Å². The Labute approximate surface area is 132 Å². The summed E-state index contributed by atoms with van der Waals surface area (Å²) in [5, 5.41) is 5.82. The molecule has 0 radical (unpaired) electrons. The molecule has 21 heavy (non-hydrogen) atoms. The average molecular weight is 374 g/mol. The van der Waals surface area contributed by atoms with Crippen molar-refractivity contribution in [2.45, 2.75) is 23.8 Å². The summed E-state index contributed by atoms with van der Waals surface area (Å²) in [5.74, 6) is -0.108. The highest BCUT2D eigenvalue weighted by molar-refractivity contribution is 9.10. The Morgan fingerprint density at radius 1 is 1.43 bits per heavy atom. The largest absolute Gasteiger partial charge is 0.325 e. The first-order valence-electron chi connectivity index (χ1n) is 6.71. The summed E-state index contributed by atoms with van der Waals surface area (Å²) in [6.07, 6.45) is 1.03. The lowest BCUT2D eigenvalue weighted by Gasteiger charge is -2.18. The number of rotatable bonds is 3. The Hall–Kier alpha value is -0.960. The molecule has 114 valence electrons. The van der Waals surface area contributed by atoms with Crippen molar-refractivity contribution in [1.82, 2.24) is 9.62 Å².